The first-order valence-electron chi connectivity index (χ1n) is 5.71. The Balaban J connectivity index is 2.21. The lowest BCUT2D eigenvalue weighted by Gasteiger charge is -2.16. The van der Waals surface area contributed by atoms with E-state index in [4.69, 9.17) is 4.52 Å². The fourth-order valence-corrected chi connectivity index (χ4v) is 1.70. The van der Waals surface area contributed by atoms with E-state index in [2.05, 4.69) is 5.16 Å². The second-order valence-corrected chi connectivity index (χ2v) is 4.31. The van der Waals surface area contributed by atoms with E-state index in [0.717, 1.165) is 11.0 Å². The molecule has 4 nitrogen and oxygen atoms in total. The van der Waals surface area contributed by atoms with Gasteiger partial charge < -0.3 is 9.42 Å². The van der Waals surface area contributed by atoms with Crippen LogP contribution >= 0.6 is 0 Å². The lowest BCUT2D eigenvalue weighted by Crippen LogP contribution is -2.27. The van der Waals surface area contributed by atoms with Crippen molar-refractivity contribution in [3.63, 3.8) is 0 Å². The third kappa shape index (κ3) is 2.66. The molecule has 2 aromatic rings. The fourth-order valence-electron chi connectivity index (χ4n) is 1.70. The standard InChI is InChI=1S/C13H11F3N2O2/c1-7-5-8(17-20-7)6-18(2)13(19)9-3-4-10(14)12(16)11(9)15/h3-5H,6H2,1-2H3. The van der Waals surface area contributed by atoms with E-state index in [1.807, 2.05) is 0 Å². The topological polar surface area (TPSA) is 46.3 Å². The summed E-state index contributed by atoms with van der Waals surface area (Å²) in [6.07, 6.45) is 0. The first kappa shape index (κ1) is 14.1. The first-order chi connectivity index (χ1) is 9.40. The van der Waals surface area contributed by atoms with Crippen LogP contribution in [0.3, 0.4) is 0 Å². The van der Waals surface area contributed by atoms with Crippen LogP contribution in [0, 0.1) is 24.4 Å². The van der Waals surface area contributed by atoms with Gasteiger partial charge >= 0.3 is 0 Å². The average molecular weight is 284 g/mol. The van der Waals surface area contributed by atoms with Gasteiger partial charge in [0.15, 0.2) is 17.5 Å². The smallest absolute Gasteiger partial charge is 0.257 e. The summed E-state index contributed by atoms with van der Waals surface area (Å²) in [7, 11) is 1.40. The van der Waals surface area contributed by atoms with Crippen LogP contribution in [0.5, 0.6) is 0 Å². The molecule has 0 saturated heterocycles. The largest absolute Gasteiger partial charge is 0.361 e. The number of nitrogens with zero attached hydrogens (tertiary/aromatic N) is 2. The number of halogens is 3. The molecular formula is C13H11F3N2O2. The van der Waals surface area contributed by atoms with Crippen molar-refractivity contribution in [3.8, 4) is 0 Å². The van der Waals surface area contributed by atoms with Crippen molar-refractivity contribution in [2.24, 2.45) is 0 Å². The molecule has 1 aromatic heterocycles. The summed E-state index contributed by atoms with van der Waals surface area (Å²) in [6, 6.07) is 3.23. The van der Waals surface area contributed by atoms with Gasteiger partial charge in [-0.25, -0.2) is 13.2 Å². The maximum Gasteiger partial charge on any atom is 0.257 e. The fraction of sp³-hybridized carbons (Fsp3) is 0.231. The Kier molecular flexibility index (Phi) is 3.78. The van der Waals surface area contributed by atoms with E-state index in [1.54, 1.807) is 13.0 Å². The predicted octanol–water partition coefficient (Wildman–Crippen LogP) is 2.67. The number of aromatic nitrogens is 1. The molecule has 0 aliphatic heterocycles. The first-order valence-corrected chi connectivity index (χ1v) is 5.71. The summed E-state index contributed by atoms with van der Waals surface area (Å²) >= 11 is 0. The quantitative estimate of drug-likeness (QED) is 0.814. The van der Waals surface area contributed by atoms with Gasteiger partial charge in [0.25, 0.3) is 5.91 Å². The molecule has 0 atom stereocenters. The molecule has 0 bridgehead atoms. The highest BCUT2D eigenvalue weighted by molar-refractivity contribution is 5.94. The summed E-state index contributed by atoms with van der Waals surface area (Å²) in [5.74, 6) is -4.71. The summed E-state index contributed by atoms with van der Waals surface area (Å²) in [6.45, 7) is 1.75. The van der Waals surface area contributed by atoms with Crippen molar-refractivity contribution in [1.82, 2.24) is 10.1 Å². The minimum absolute atomic E-state index is 0.0641. The third-order valence-corrected chi connectivity index (χ3v) is 2.69. The van der Waals surface area contributed by atoms with Crippen LogP contribution in [0.2, 0.25) is 0 Å². The van der Waals surface area contributed by atoms with E-state index in [9.17, 15) is 18.0 Å². The molecule has 20 heavy (non-hydrogen) atoms. The van der Waals surface area contributed by atoms with Crippen LogP contribution in [-0.4, -0.2) is 23.0 Å². The Labute approximate surface area is 112 Å². The molecule has 7 heteroatoms. The average Bonchev–Trinajstić information content (AvgIpc) is 2.81. The molecule has 0 spiro atoms. The molecular weight excluding hydrogens is 273 g/mol. The van der Waals surface area contributed by atoms with Gasteiger partial charge in [-0.2, -0.15) is 0 Å². The molecule has 1 heterocycles. The van der Waals surface area contributed by atoms with Crippen molar-refractivity contribution in [1.29, 1.82) is 0 Å². The number of hydrogen-bond donors (Lipinski definition) is 0. The van der Waals surface area contributed by atoms with Gasteiger partial charge in [-0.1, -0.05) is 5.16 Å². The van der Waals surface area contributed by atoms with Crippen LogP contribution in [0.4, 0.5) is 13.2 Å². The zero-order valence-electron chi connectivity index (χ0n) is 10.8. The number of rotatable bonds is 3. The van der Waals surface area contributed by atoms with E-state index >= 15 is 0 Å². The molecule has 0 aliphatic rings. The van der Waals surface area contributed by atoms with E-state index < -0.39 is 28.9 Å². The normalized spacial score (nSPS) is 10.7. The van der Waals surface area contributed by atoms with Crippen molar-refractivity contribution >= 4 is 5.91 Å². The molecule has 0 N–H and O–H groups in total. The van der Waals surface area contributed by atoms with Crippen LogP contribution in [0.25, 0.3) is 0 Å². The van der Waals surface area contributed by atoms with Crippen molar-refractivity contribution in [2.75, 3.05) is 7.05 Å². The summed E-state index contributed by atoms with van der Waals surface area (Å²) in [5.41, 5.74) is -0.0621. The second kappa shape index (κ2) is 5.36. The van der Waals surface area contributed by atoms with Gasteiger partial charge in [0, 0.05) is 13.1 Å². The van der Waals surface area contributed by atoms with Gasteiger partial charge in [0.1, 0.15) is 11.5 Å². The highest BCUT2D eigenvalue weighted by atomic mass is 19.2. The zero-order chi connectivity index (χ0) is 14.9. The summed E-state index contributed by atoms with van der Waals surface area (Å²) in [5, 5.41) is 3.69. The van der Waals surface area contributed by atoms with Crippen LogP contribution < -0.4 is 0 Å². The monoisotopic (exact) mass is 284 g/mol. The lowest BCUT2D eigenvalue weighted by molar-refractivity contribution is 0.0776. The molecule has 1 aromatic carbocycles. The number of aryl methyl sites for hydroxylation is 1. The molecule has 2 rings (SSSR count). The number of carbonyl (C=O) groups excluding carboxylic acids is 1. The van der Waals surface area contributed by atoms with Gasteiger partial charge in [-0.15, -0.1) is 0 Å². The van der Waals surface area contributed by atoms with Gasteiger partial charge in [-0.3, -0.25) is 4.79 Å². The maximum atomic E-state index is 13.5. The molecule has 0 radical (unpaired) electrons. The Morgan fingerprint density at radius 2 is 2.00 bits per heavy atom. The van der Waals surface area contributed by atoms with E-state index in [0.29, 0.717) is 17.5 Å². The second-order valence-electron chi connectivity index (χ2n) is 4.31. The van der Waals surface area contributed by atoms with Crippen LogP contribution in [-0.2, 0) is 6.54 Å². The Hall–Kier alpha value is -2.31. The minimum atomic E-state index is -1.67. The van der Waals surface area contributed by atoms with Gasteiger partial charge in [0.2, 0.25) is 0 Å². The Bertz CT molecular complexity index is 655. The predicted molar refractivity (Wildman–Crippen MR) is 63.4 cm³/mol. The summed E-state index contributed by atoms with van der Waals surface area (Å²) in [4.78, 5) is 13.1. The molecule has 0 unspecified atom stereocenters. The maximum absolute atomic E-state index is 13.5. The number of carbonyl (C=O) groups is 1. The lowest BCUT2D eigenvalue weighted by atomic mass is 10.1. The van der Waals surface area contributed by atoms with E-state index in [1.165, 1.54) is 7.05 Å². The minimum Gasteiger partial charge on any atom is -0.361 e. The Morgan fingerprint density at radius 3 is 2.60 bits per heavy atom. The van der Waals surface area contributed by atoms with Crippen LogP contribution in [0.1, 0.15) is 21.8 Å². The van der Waals surface area contributed by atoms with Crippen molar-refractivity contribution in [2.45, 2.75) is 13.5 Å². The zero-order valence-corrected chi connectivity index (χ0v) is 10.8. The molecule has 0 fully saturated rings. The van der Waals surface area contributed by atoms with Gasteiger partial charge in [0.05, 0.1) is 12.1 Å². The van der Waals surface area contributed by atoms with E-state index in [-0.39, 0.29) is 6.54 Å². The van der Waals surface area contributed by atoms with Crippen molar-refractivity contribution in [3.05, 3.63) is 52.7 Å². The highest BCUT2D eigenvalue weighted by Crippen LogP contribution is 2.17. The molecule has 106 valence electrons. The van der Waals surface area contributed by atoms with Crippen LogP contribution in [0.15, 0.2) is 22.7 Å². The highest BCUT2D eigenvalue weighted by Gasteiger charge is 2.22. The van der Waals surface area contributed by atoms with Gasteiger partial charge in [-0.05, 0) is 19.1 Å². The Morgan fingerprint density at radius 1 is 1.30 bits per heavy atom. The number of benzene rings is 1. The molecule has 0 aliphatic carbocycles. The summed E-state index contributed by atoms with van der Waals surface area (Å²) < 4.78 is 44.3. The number of hydrogen-bond acceptors (Lipinski definition) is 3. The van der Waals surface area contributed by atoms with Crippen molar-refractivity contribution < 1.29 is 22.5 Å². The number of amides is 1. The molecule has 1 amide bonds. The third-order valence-electron chi connectivity index (χ3n) is 2.69. The SMILES string of the molecule is Cc1cc(CN(C)C(=O)c2ccc(F)c(F)c2F)no1. The molecule has 0 saturated carbocycles.